The molecule has 1 amide bonds. The van der Waals surface area contributed by atoms with E-state index in [-0.39, 0.29) is 11.8 Å². The van der Waals surface area contributed by atoms with Gasteiger partial charge in [0.2, 0.25) is 5.91 Å². The maximum Gasteiger partial charge on any atom is 0.228 e. The number of benzene rings is 1. The fourth-order valence-corrected chi connectivity index (χ4v) is 3.84. The molecule has 1 saturated carbocycles. The third-order valence-electron chi connectivity index (χ3n) is 5.33. The lowest BCUT2D eigenvalue weighted by Gasteiger charge is -2.29. The lowest BCUT2D eigenvalue weighted by atomic mass is 9.89. The maximum atomic E-state index is 12.3. The highest BCUT2D eigenvalue weighted by molar-refractivity contribution is 5.91. The van der Waals surface area contributed by atoms with Crippen molar-refractivity contribution in [2.45, 2.75) is 45.1 Å². The van der Waals surface area contributed by atoms with Crippen LogP contribution in [0.15, 0.2) is 36.4 Å². The first-order valence-corrected chi connectivity index (χ1v) is 9.26. The first kappa shape index (κ1) is 16.1. The molecule has 130 valence electrons. The van der Waals surface area contributed by atoms with Crippen LogP contribution in [0.1, 0.15) is 43.2 Å². The molecular weight excluding hydrogens is 312 g/mol. The number of hydrogen-bond donors (Lipinski definition) is 1. The lowest BCUT2D eigenvalue weighted by Crippen LogP contribution is -2.31. The van der Waals surface area contributed by atoms with Crippen LogP contribution in [0, 0.1) is 5.92 Å². The van der Waals surface area contributed by atoms with Crippen LogP contribution in [0.3, 0.4) is 0 Å². The van der Waals surface area contributed by atoms with Crippen LogP contribution in [0.2, 0.25) is 0 Å². The molecule has 1 fully saturated rings. The smallest absolute Gasteiger partial charge is 0.228 e. The van der Waals surface area contributed by atoms with Gasteiger partial charge >= 0.3 is 0 Å². The number of amides is 1. The average Bonchev–Trinajstić information content (AvgIpc) is 2.69. The Morgan fingerprint density at radius 3 is 2.56 bits per heavy atom. The van der Waals surface area contributed by atoms with Crippen molar-refractivity contribution in [2.24, 2.45) is 5.92 Å². The summed E-state index contributed by atoms with van der Waals surface area (Å²) in [7, 11) is 0. The molecule has 2 aliphatic rings. The van der Waals surface area contributed by atoms with Gasteiger partial charge in [0.25, 0.3) is 0 Å². The van der Waals surface area contributed by atoms with Gasteiger partial charge < -0.3 is 10.2 Å². The minimum absolute atomic E-state index is 0.0913. The Hall–Kier alpha value is -2.43. The molecular formula is C20H24N4O. The summed E-state index contributed by atoms with van der Waals surface area (Å²) in [4.78, 5) is 14.5. The average molecular weight is 336 g/mol. The van der Waals surface area contributed by atoms with E-state index in [1.807, 2.05) is 12.1 Å². The van der Waals surface area contributed by atoms with Gasteiger partial charge in [-0.2, -0.15) is 0 Å². The van der Waals surface area contributed by atoms with Crippen LogP contribution in [0.5, 0.6) is 0 Å². The first-order chi connectivity index (χ1) is 12.3. The van der Waals surface area contributed by atoms with Gasteiger partial charge in [-0.1, -0.05) is 43.5 Å². The minimum Gasteiger partial charge on any atom is -0.350 e. The SMILES string of the molecule is O=C(Nc1ccc(N2CCc3ccccc3C2)nn1)C1CCCCC1. The van der Waals surface area contributed by atoms with Gasteiger partial charge in [-0.3, -0.25) is 4.79 Å². The number of aromatic nitrogens is 2. The van der Waals surface area contributed by atoms with Gasteiger partial charge in [0, 0.05) is 19.0 Å². The van der Waals surface area contributed by atoms with Crippen LogP contribution in [-0.4, -0.2) is 22.6 Å². The zero-order valence-corrected chi connectivity index (χ0v) is 14.4. The van der Waals surface area contributed by atoms with Crippen molar-refractivity contribution in [2.75, 3.05) is 16.8 Å². The number of nitrogens with one attached hydrogen (secondary N) is 1. The second kappa shape index (κ2) is 7.21. The Kier molecular flexibility index (Phi) is 4.63. The molecule has 5 nitrogen and oxygen atoms in total. The molecule has 1 aromatic carbocycles. The van der Waals surface area contributed by atoms with Crippen molar-refractivity contribution >= 4 is 17.5 Å². The summed E-state index contributed by atoms with van der Waals surface area (Å²) in [5.41, 5.74) is 2.77. The third-order valence-corrected chi connectivity index (χ3v) is 5.33. The van der Waals surface area contributed by atoms with Crippen LogP contribution < -0.4 is 10.2 Å². The number of hydrogen-bond acceptors (Lipinski definition) is 4. The van der Waals surface area contributed by atoms with E-state index in [2.05, 4.69) is 44.7 Å². The molecule has 4 rings (SSSR count). The Morgan fingerprint density at radius 2 is 1.80 bits per heavy atom. The molecule has 25 heavy (non-hydrogen) atoms. The molecule has 0 atom stereocenters. The monoisotopic (exact) mass is 336 g/mol. The van der Waals surface area contributed by atoms with Crippen molar-refractivity contribution in [3.63, 3.8) is 0 Å². The molecule has 2 heterocycles. The number of nitrogens with zero attached hydrogens (tertiary/aromatic N) is 3. The number of rotatable bonds is 3. The topological polar surface area (TPSA) is 58.1 Å². The lowest BCUT2D eigenvalue weighted by molar-refractivity contribution is -0.120. The highest BCUT2D eigenvalue weighted by atomic mass is 16.1. The summed E-state index contributed by atoms with van der Waals surface area (Å²) in [6.07, 6.45) is 6.56. The number of carbonyl (C=O) groups excluding carboxylic acids is 1. The summed E-state index contributed by atoms with van der Waals surface area (Å²) in [6.45, 7) is 1.80. The quantitative estimate of drug-likeness (QED) is 0.931. The highest BCUT2D eigenvalue weighted by Crippen LogP contribution is 2.25. The summed E-state index contributed by atoms with van der Waals surface area (Å²) < 4.78 is 0. The van der Waals surface area contributed by atoms with Gasteiger partial charge in [-0.05, 0) is 42.5 Å². The van der Waals surface area contributed by atoms with Gasteiger partial charge in [-0.25, -0.2) is 0 Å². The Bertz CT molecular complexity index is 738. The molecule has 0 saturated heterocycles. The van der Waals surface area contributed by atoms with Crippen LogP contribution in [-0.2, 0) is 17.8 Å². The van der Waals surface area contributed by atoms with Gasteiger partial charge in [-0.15, -0.1) is 10.2 Å². The highest BCUT2D eigenvalue weighted by Gasteiger charge is 2.22. The van der Waals surface area contributed by atoms with E-state index in [0.29, 0.717) is 5.82 Å². The van der Waals surface area contributed by atoms with Crippen molar-refractivity contribution in [1.29, 1.82) is 0 Å². The van der Waals surface area contributed by atoms with Crippen LogP contribution in [0.4, 0.5) is 11.6 Å². The third kappa shape index (κ3) is 3.65. The molecule has 0 spiro atoms. The number of anilines is 2. The molecule has 1 aliphatic heterocycles. The zero-order chi connectivity index (χ0) is 17.1. The number of fused-ring (bicyclic) bond motifs is 1. The van der Waals surface area contributed by atoms with E-state index in [1.165, 1.54) is 17.5 Å². The second-order valence-corrected chi connectivity index (χ2v) is 7.04. The summed E-state index contributed by atoms with van der Waals surface area (Å²) in [5.74, 6) is 1.64. The zero-order valence-electron chi connectivity index (χ0n) is 14.4. The minimum atomic E-state index is 0.0913. The van der Waals surface area contributed by atoms with Crippen LogP contribution >= 0.6 is 0 Å². The fourth-order valence-electron chi connectivity index (χ4n) is 3.84. The van der Waals surface area contributed by atoms with Gasteiger partial charge in [0.05, 0.1) is 0 Å². The van der Waals surface area contributed by atoms with Crippen molar-refractivity contribution in [3.8, 4) is 0 Å². The van der Waals surface area contributed by atoms with Crippen molar-refractivity contribution in [3.05, 3.63) is 47.5 Å². The fraction of sp³-hybridized carbons (Fsp3) is 0.450. The normalized spacial score (nSPS) is 17.8. The Balaban J connectivity index is 1.40. The molecule has 0 unspecified atom stereocenters. The van der Waals surface area contributed by atoms with Crippen LogP contribution in [0.25, 0.3) is 0 Å². The van der Waals surface area contributed by atoms with E-state index in [1.54, 1.807) is 0 Å². The number of carbonyl (C=O) groups is 1. The molecule has 1 aromatic heterocycles. The van der Waals surface area contributed by atoms with E-state index in [9.17, 15) is 4.79 Å². The largest absolute Gasteiger partial charge is 0.350 e. The molecule has 0 radical (unpaired) electrons. The Morgan fingerprint density at radius 1 is 1.00 bits per heavy atom. The first-order valence-electron chi connectivity index (χ1n) is 9.26. The Labute approximate surface area is 148 Å². The van der Waals surface area contributed by atoms with E-state index in [4.69, 9.17) is 0 Å². The molecule has 1 N–H and O–H groups in total. The van der Waals surface area contributed by atoms with E-state index >= 15 is 0 Å². The predicted molar refractivity (Wildman–Crippen MR) is 98.4 cm³/mol. The van der Waals surface area contributed by atoms with Crippen molar-refractivity contribution < 1.29 is 4.79 Å². The van der Waals surface area contributed by atoms with Crippen molar-refractivity contribution in [1.82, 2.24) is 10.2 Å². The summed E-state index contributed by atoms with van der Waals surface area (Å²) in [6, 6.07) is 12.4. The predicted octanol–water partition coefficient (Wildman–Crippen LogP) is 3.56. The van der Waals surface area contributed by atoms with E-state index in [0.717, 1.165) is 51.0 Å². The molecule has 2 aromatic rings. The summed E-state index contributed by atoms with van der Waals surface area (Å²) >= 11 is 0. The van der Waals surface area contributed by atoms with Gasteiger partial charge in [0.15, 0.2) is 11.6 Å². The second-order valence-electron chi connectivity index (χ2n) is 7.04. The summed E-state index contributed by atoms with van der Waals surface area (Å²) in [5, 5.41) is 11.5. The maximum absolute atomic E-state index is 12.3. The molecule has 1 aliphatic carbocycles. The standard InChI is InChI=1S/C20H24N4O/c25-20(16-7-2-1-3-8-16)21-18-10-11-19(23-22-18)24-13-12-15-6-4-5-9-17(15)14-24/h4-6,9-11,16H,1-3,7-8,12-14H2,(H,21,22,25). The molecule has 5 heteroatoms. The van der Waals surface area contributed by atoms with E-state index < -0.39 is 0 Å². The van der Waals surface area contributed by atoms with Gasteiger partial charge in [0.1, 0.15) is 0 Å². The molecule has 0 bridgehead atoms.